The smallest absolute Gasteiger partial charge is 0.360 e. The highest BCUT2D eigenvalue weighted by Gasteiger charge is 2.24. The molecule has 1 aliphatic rings. The van der Waals surface area contributed by atoms with Crippen LogP contribution in [0.4, 0.5) is 0 Å². The normalized spacial score (nSPS) is 20.3. The van der Waals surface area contributed by atoms with Gasteiger partial charge in [0.05, 0.1) is 0 Å². The lowest BCUT2D eigenvalue weighted by Crippen LogP contribution is -2.19. The van der Waals surface area contributed by atoms with Crippen LogP contribution in [0.5, 0.6) is 11.5 Å². The maximum atomic E-state index is 5.45. The van der Waals surface area contributed by atoms with Crippen LogP contribution >= 0.6 is 0 Å². The molecule has 0 N–H and O–H groups in total. The Kier molecular flexibility index (Phi) is 2.82. The fourth-order valence-corrected chi connectivity index (χ4v) is 1.58. The maximum Gasteiger partial charge on any atom is 0.360 e. The van der Waals surface area contributed by atoms with Crippen LogP contribution in [0.2, 0.25) is 0 Å². The molecule has 2 unspecified atom stereocenters. The Morgan fingerprint density at radius 2 is 2.07 bits per heavy atom. The second kappa shape index (κ2) is 4.11. The Labute approximate surface area is 90.0 Å². The van der Waals surface area contributed by atoms with Crippen molar-refractivity contribution in [2.45, 2.75) is 32.7 Å². The number of ether oxygens (including phenoxy) is 3. The van der Waals surface area contributed by atoms with Gasteiger partial charge < -0.3 is 14.2 Å². The van der Waals surface area contributed by atoms with Crippen LogP contribution in [0, 0.1) is 0 Å². The summed E-state index contributed by atoms with van der Waals surface area (Å²) in [6.45, 7) is 3.78. The zero-order valence-electron chi connectivity index (χ0n) is 9.32. The summed E-state index contributed by atoms with van der Waals surface area (Å²) in [7, 11) is 1.56. The summed E-state index contributed by atoms with van der Waals surface area (Å²) in [5, 5.41) is 0. The van der Waals surface area contributed by atoms with E-state index in [-0.39, 0.29) is 0 Å². The first kappa shape index (κ1) is 10.3. The van der Waals surface area contributed by atoms with Crippen LogP contribution < -0.4 is 9.47 Å². The highest BCUT2D eigenvalue weighted by Crippen LogP contribution is 2.37. The van der Waals surface area contributed by atoms with Gasteiger partial charge in [-0.3, -0.25) is 0 Å². The van der Waals surface area contributed by atoms with Gasteiger partial charge in [-0.2, -0.15) is 0 Å². The first-order valence-electron chi connectivity index (χ1n) is 5.24. The minimum absolute atomic E-state index is 0.542. The Balaban J connectivity index is 2.22. The van der Waals surface area contributed by atoms with Crippen molar-refractivity contribution in [2.24, 2.45) is 0 Å². The van der Waals surface area contributed by atoms with Gasteiger partial charge in [-0.15, -0.1) is 0 Å². The molecule has 1 aromatic rings. The summed E-state index contributed by atoms with van der Waals surface area (Å²) >= 11 is 0. The van der Waals surface area contributed by atoms with Crippen LogP contribution in [-0.4, -0.2) is 13.6 Å². The molecule has 0 radical (unpaired) electrons. The molecule has 2 atom stereocenters. The minimum atomic E-state index is -0.591. The SMILES string of the molecule is CCC(C)c1ccc2c(c1)OC(OC)O2. The van der Waals surface area contributed by atoms with E-state index in [1.165, 1.54) is 5.56 Å². The quantitative estimate of drug-likeness (QED) is 0.764. The average molecular weight is 208 g/mol. The fourth-order valence-electron chi connectivity index (χ4n) is 1.58. The fraction of sp³-hybridized carbons (Fsp3) is 0.500. The first-order chi connectivity index (χ1) is 7.24. The second-order valence-corrected chi connectivity index (χ2v) is 3.78. The van der Waals surface area contributed by atoms with Gasteiger partial charge >= 0.3 is 6.48 Å². The van der Waals surface area contributed by atoms with Crippen LogP contribution in [-0.2, 0) is 4.74 Å². The van der Waals surface area contributed by atoms with E-state index in [9.17, 15) is 0 Å². The molecule has 0 saturated carbocycles. The molecule has 0 saturated heterocycles. The van der Waals surface area contributed by atoms with Gasteiger partial charge in [0.15, 0.2) is 11.5 Å². The Bertz CT molecular complexity index is 349. The molecule has 82 valence electrons. The zero-order chi connectivity index (χ0) is 10.8. The third-order valence-electron chi connectivity index (χ3n) is 2.79. The highest BCUT2D eigenvalue weighted by atomic mass is 16.9. The number of benzene rings is 1. The molecule has 0 aromatic heterocycles. The lowest BCUT2D eigenvalue weighted by molar-refractivity contribution is -0.157. The molecular formula is C12H16O3. The van der Waals surface area contributed by atoms with E-state index < -0.39 is 6.48 Å². The number of fused-ring (bicyclic) bond motifs is 1. The average Bonchev–Trinajstić information content (AvgIpc) is 2.69. The summed E-state index contributed by atoms with van der Waals surface area (Å²) in [5.41, 5.74) is 1.27. The van der Waals surface area contributed by atoms with E-state index in [4.69, 9.17) is 14.2 Å². The van der Waals surface area contributed by atoms with Crippen molar-refractivity contribution in [2.75, 3.05) is 7.11 Å². The van der Waals surface area contributed by atoms with E-state index in [2.05, 4.69) is 19.9 Å². The summed E-state index contributed by atoms with van der Waals surface area (Å²) in [6.07, 6.45) is 1.12. The van der Waals surface area contributed by atoms with Crippen LogP contribution in [0.15, 0.2) is 18.2 Å². The predicted octanol–water partition coefficient (Wildman–Crippen LogP) is 2.90. The molecule has 0 bridgehead atoms. The van der Waals surface area contributed by atoms with Crippen LogP contribution in [0.3, 0.4) is 0 Å². The number of hydrogen-bond acceptors (Lipinski definition) is 3. The molecule has 3 heteroatoms. The third kappa shape index (κ3) is 1.92. The van der Waals surface area contributed by atoms with E-state index in [0.29, 0.717) is 5.92 Å². The standard InChI is InChI=1S/C12H16O3/c1-4-8(2)9-5-6-10-11(7-9)15-12(13-3)14-10/h5-8,12H,4H2,1-3H3. The largest absolute Gasteiger partial charge is 0.428 e. The van der Waals surface area contributed by atoms with Gasteiger partial charge in [0.1, 0.15) is 0 Å². The van der Waals surface area contributed by atoms with Crippen molar-refractivity contribution in [3.63, 3.8) is 0 Å². The van der Waals surface area contributed by atoms with Crippen molar-refractivity contribution in [3.8, 4) is 11.5 Å². The Morgan fingerprint density at radius 3 is 2.73 bits per heavy atom. The molecule has 15 heavy (non-hydrogen) atoms. The minimum Gasteiger partial charge on any atom is -0.428 e. The summed E-state index contributed by atoms with van der Waals surface area (Å²) in [4.78, 5) is 0. The van der Waals surface area contributed by atoms with Gasteiger partial charge in [0, 0.05) is 7.11 Å². The van der Waals surface area contributed by atoms with Gasteiger partial charge in [-0.1, -0.05) is 19.9 Å². The van der Waals surface area contributed by atoms with Crippen LogP contribution in [0.25, 0.3) is 0 Å². The van der Waals surface area contributed by atoms with Crippen LogP contribution in [0.1, 0.15) is 31.7 Å². The molecular weight excluding hydrogens is 192 g/mol. The number of rotatable bonds is 3. The Hall–Kier alpha value is -1.22. The predicted molar refractivity (Wildman–Crippen MR) is 57.2 cm³/mol. The van der Waals surface area contributed by atoms with E-state index in [0.717, 1.165) is 17.9 Å². The van der Waals surface area contributed by atoms with E-state index in [1.54, 1.807) is 7.11 Å². The third-order valence-corrected chi connectivity index (χ3v) is 2.79. The Morgan fingerprint density at radius 1 is 1.33 bits per heavy atom. The topological polar surface area (TPSA) is 27.7 Å². The molecule has 3 nitrogen and oxygen atoms in total. The van der Waals surface area contributed by atoms with Crippen molar-refractivity contribution >= 4 is 0 Å². The highest BCUT2D eigenvalue weighted by molar-refractivity contribution is 5.45. The second-order valence-electron chi connectivity index (χ2n) is 3.78. The monoisotopic (exact) mass is 208 g/mol. The van der Waals surface area contributed by atoms with Gasteiger partial charge in [-0.25, -0.2) is 0 Å². The molecule has 0 amide bonds. The van der Waals surface area contributed by atoms with Gasteiger partial charge in [-0.05, 0) is 30.0 Å². The molecule has 1 aliphatic heterocycles. The molecule has 0 aliphatic carbocycles. The number of methoxy groups -OCH3 is 1. The first-order valence-corrected chi connectivity index (χ1v) is 5.24. The zero-order valence-corrected chi connectivity index (χ0v) is 9.32. The summed E-state index contributed by atoms with van der Waals surface area (Å²) in [5.74, 6) is 2.08. The molecule has 2 rings (SSSR count). The van der Waals surface area contributed by atoms with Crippen molar-refractivity contribution in [1.29, 1.82) is 0 Å². The summed E-state index contributed by atoms with van der Waals surface area (Å²) in [6, 6.07) is 6.05. The number of hydrogen-bond donors (Lipinski definition) is 0. The lowest BCUT2D eigenvalue weighted by Gasteiger charge is -2.08. The van der Waals surface area contributed by atoms with Gasteiger partial charge in [0.25, 0.3) is 0 Å². The van der Waals surface area contributed by atoms with Crippen molar-refractivity contribution in [1.82, 2.24) is 0 Å². The summed E-state index contributed by atoms with van der Waals surface area (Å²) < 4.78 is 15.8. The van der Waals surface area contributed by atoms with E-state index >= 15 is 0 Å². The van der Waals surface area contributed by atoms with Crippen molar-refractivity contribution in [3.05, 3.63) is 23.8 Å². The maximum absolute atomic E-state index is 5.45. The lowest BCUT2D eigenvalue weighted by atomic mass is 9.98. The molecule has 1 aromatic carbocycles. The van der Waals surface area contributed by atoms with Crippen molar-refractivity contribution < 1.29 is 14.2 Å². The molecule has 1 heterocycles. The molecule has 0 fully saturated rings. The molecule has 0 spiro atoms. The van der Waals surface area contributed by atoms with Gasteiger partial charge in [0.2, 0.25) is 0 Å². The van der Waals surface area contributed by atoms with E-state index in [1.807, 2.05) is 12.1 Å².